The first-order valence-electron chi connectivity index (χ1n) is 10.0. The summed E-state index contributed by atoms with van der Waals surface area (Å²) in [6.07, 6.45) is 0. The van der Waals surface area contributed by atoms with Crippen LogP contribution < -0.4 is 0 Å². The van der Waals surface area contributed by atoms with E-state index >= 15 is 0 Å². The summed E-state index contributed by atoms with van der Waals surface area (Å²) in [5.74, 6) is 0.862. The molecule has 0 aliphatic carbocycles. The quantitative estimate of drug-likeness (QED) is 0.335. The zero-order valence-corrected chi connectivity index (χ0v) is 16.8. The minimum Gasteiger partial charge on any atom is -0.437 e. The van der Waals surface area contributed by atoms with Crippen LogP contribution >= 0.6 is 0 Å². The minimum atomic E-state index is 0.678. The fraction of sp³-hybridized carbons (Fsp3) is 0.0769. The van der Waals surface area contributed by atoms with E-state index in [1.807, 2.05) is 43.3 Å². The molecule has 3 heterocycles. The highest BCUT2D eigenvalue weighted by Gasteiger charge is 2.20. The number of para-hydroxylation sites is 4. The second-order valence-electron chi connectivity index (χ2n) is 7.64. The van der Waals surface area contributed by atoms with Crippen LogP contribution in [0, 0.1) is 13.8 Å². The fourth-order valence-corrected chi connectivity index (χ4v) is 4.37. The summed E-state index contributed by atoms with van der Waals surface area (Å²) in [7, 11) is 0. The third kappa shape index (κ3) is 2.40. The molecule has 0 spiro atoms. The summed E-state index contributed by atoms with van der Waals surface area (Å²) in [4.78, 5) is 9.64. The van der Waals surface area contributed by atoms with Crippen molar-refractivity contribution < 1.29 is 4.42 Å². The van der Waals surface area contributed by atoms with E-state index in [4.69, 9.17) is 9.40 Å². The molecule has 0 N–H and O–H groups in total. The number of hydrogen-bond acceptors (Lipinski definition) is 3. The molecule has 0 bridgehead atoms. The van der Waals surface area contributed by atoms with Gasteiger partial charge in [0.15, 0.2) is 0 Å². The van der Waals surface area contributed by atoms with Gasteiger partial charge in [0, 0.05) is 16.8 Å². The fourth-order valence-electron chi connectivity index (χ4n) is 4.37. The molecule has 0 fully saturated rings. The number of aryl methyl sites for hydroxylation is 2. The summed E-state index contributed by atoms with van der Waals surface area (Å²) < 4.78 is 8.52. The average Bonchev–Trinajstić information content (AvgIpc) is 3.32. The molecule has 0 unspecified atom stereocenters. The molecule has 0 aliphatic rings. The summed E-state index contributed by atoms with van der Waals surface area (Å²) in [6, 6.07) is 26.9. The number of benzene rings is 3. The van der Waals surface area contributed by atoms with Gasteiger partial charge in [-0.3, -0.25) is 4.57 Å². The van der Waals surface area contributed by atoms with Crippen molar-refractivity contribution in [1.29, 1.82) is 0 Å². The van der Waals surface area contributed by atoms with E-state index in [0.29, 0.717) is 5.71 Å². The molecule has 4 nitrogen and oxygen atoms in total. The number of fused-ring (bicyclic) bond motifs is 4. The van der Waals surface area contributed by atoms with Gasteiger partial charge in [-0.1, -0.05) is 42.5 Å². The van der Waals surface area contributed by atoms with Gasteiger partial charge in [-0.25, -0.2) is 9.97 Å². The van der Waals surface area contributed by atoms with Crippen LogP contribution in [-0.2, 0) is 0 Å². The van der Waals surface area contributed by atoms with Crippen LogP contribution in [0.4, 0.5) is 0 Å². The van der Waals surface area contributed by atoms with Crippen LogP contribution in [0.5, 0.6) is 0 Å². The van der Waals surface area contributed by atoms with Crippen molar-refractivity contribution in [3.8, 4) is 17.1 Å². The molecule has 30 heavy (non-hydrogen) atoms. The van der Waals surface area contributed by atoms with Gasteiger partial charge >= 0.3 is 0 Å². The molecule has 0 saturated carbocycles. The lowest BCUT2D eigenvalue weighted by Gasteiger charge is -2.09. The zero-order valence-electron chi connectivity index (χ0n) is 16.8. The van der Waals surface area contributed by atoms with Gasteiger partial charge in [0.05, 0.1) is 22.0 Å². The molecule has 0 atom stereocenters. The summed E-state index contributed by atoms with van der Waals surface area (Å²) in [5, 5.41) is 2.14. The van der Waals surface area contributed by atoms with Gasteiger partial charge in [-0.2, -0.15) is 0 Å². The van der Waals surface area contributed by atoms with Crippen LogP contribution in [0.15, 0.2) is 83.3 Å². The highest BCUT2D eigenvalue weighted by atomic mass is 16.3. The molecule has 144 valence electrons. The molecule has 6 rings (SSSR count). The van der Waals surface area contributed by atoms with Gasteiger partial charge in [0.2, 0.25) is 5.71 Å². The Balaban J connectivity index is 1.74. The van der Waals surface area contributed by atoms with Crippen molar-refractivity contribution in [2.75, 3.05) is 0 Å². The zero-order chi connectivity index (χ0) is 20.2. The Hall–Kier alpha value is -3.92. The lowest BCUT2D eigenvalue weighted by Crippen LogP contribution is -1.97. The number of imidazole rings is 1. The maximum Gasteiger partial charge on any atom is 0.227 e. The van der Waals surface area contributed by atoms with Crippen LogP contribution in [0.2, 0.25) is 0 Å². The maximum atomic E-state index is 6.32. The molecule has 3 aromatic carbocycles. The van der Waals surface area contributed by atoms with Gasteiger partial charge in [0.1, 0.15) is 11.4 Å². The molecule has 0 aliphatic heterocycles. The number of hydrogen-bond donors (Lipinski definition) is 0. The van der Waals surface area contributed by atoms with Gasteiger partial charge < -0.3 is 4.42 Å². The molecule has 4 heteroatoms. The number of pyridine rings is 1. The molecule has 0 amide bonds. The highest BCUT2D eigenvalue weighted by Crippen LogP contribution is 2.38. The molecular weight excluding hydrogens is 370 g/mol. The van der Waals surface area contributed by atoms with Crippen molar-refractivity contribution in [3.05, 3.63) is 90.1 Å². The Morgan fingerprint density at radius 2 is 1.60 bits per heavy atom. The molecule has 0 radical (unpaired) electrons. The number of nitrogens with zero attached hydrogens (tertiary/aromatic N) is 3. The summed E-state index contributed by atoms with van der Waals surface area (Å²) in [5.41, 5.74) is 7.68. The van der Waals surface area contributed by atoms with Crippen LogP contribution in [0.25, 0.3) is 50.2 Å². The van der Waals surface area contributed by atoms with E-state index in [0.717, 1.165) is 50.2 Å². The summed E-state index contributed by atoms with van der Waals surface area (Å²) >= 11 is 0. The first-order valence-corrected chi connectivity index (χ1v) is 10.0. The lowest BCUT2D eigenvalue weighted by atomic mass is 10.1. The van der Waals surface area contributed by atoms with E-state index in [1.54, 1.807) is 0 Å². The predicted octanol–water partition coefficient (Wildman–Crippen LogP) is 6.60. The maximum absolute atomic E-state index is 6.32. The number of furan rings is 1. The highest BCUT2D eigenvalue weighted by molar-refractivity contribution is 6.10. The first kappa shape index (κ1) is 17.0. The topological polar surface area (TPSA) is 43.9 Å². The van der Waals surface area contributed by atoms with Gasteiger partial charge in [0.25, 0.3) is 0 Å². The molecule has 0 saturated heterocycles. The SMILES string of the molecule is Cc1cc(C)c2c(n1)oc1c(-c3nc4ccccc4n3-c3ccccc3)cccc12. The average molecular weight is 389 g/mol. The Morgan fingerprint density at radius 1 is 0.800 bits per heavy atom. The normalized spacial score (nSPS) is 11.7. The number of rotatable bonds is 2. The smallest absolute Gasteiger partial charge is 0.227 e. The van der Waals surface area contributed by atoms with Crippen molar-refractivity contribution in [1.82, 2.24) is 14.5 Å². The Labute approximate surface area is 173 Å². The molecular formula is C26H19N3O. The van der Waals surface area contributed by atoms with Gasteiger partial charge in [-0.05, 0) is 55.8 Å². The van der Waals surface area contributed by atoms with E-state index in [9.17, 15) is 0 Å². The van der Waals surface area contributed by atoms with Crippen molar-refractivity contribution in [3.63, 3.8) is 0 Å². The van der Waals surface area contributed by atoms with Crippen molar-refractivity contribution in [2.24, 2.45) is 0 Å². The van der Waals surface area contributed by atoms with Crippen molar-refractivity contribution in [2.45, 2.75) is 13.8 Å². The van der Waals surface area contributed by atoms with E-state index in [2.05, 4.69) is 58.9 Å². The molecule has 6 aromatic rings. The van der Waals surface area contributed by atoms with E-state index < -0.39 is 0 Å². The van der Waals surface area contributed by atoms with E-state index in [1.165, 1.54) is 5.56 Å². The number of aromatic nitrogens is 3. The third-order valence-electron chi connectivity index (χ3n) is 5.61. The lowest BCUT2D eigenvalue weighted by molar-refractivity contribution is 0.653. The van der Waals surface area contributed by atoms with Gasteiger partial charge in [-0.15, -0.1) is 0 Å². The monoisotopic (exact) mass is 389 g/mol. The van der Waals surface area contributed by atoms with Crippen molar-refractivity contribution >= 4 is 33.1 Å². The second kappa shape index (κ2) is 6.29. The Morgan fingerprint density at radius 3 is 2.47 bits per heavy atom. The predicted molar refractivity (Wildman–Crippen MR) is 121 cm³/mol. The molecule has 3 aromatic heterocycles. The Bertz CT molecular complexity index is 1560. The largest absolute Gasteiger partial charge is 0.437 e. The minimum absolute atomic E-state index is 0.678. The third-order valence-corrected chi connectivity index (χ3v) is 5.61. The van der Waals surface area contributed by atoms with Crippen LogP contribution in [0.1, 0.15) is 11.3 Å². The van der Waals surface area contributed by atoms with Crippen LogP contribution in [-0.4, -0.2) is 14.5 Å². The standard InChI is InChI=1S/C26H19N3O/c1-16-15-17(2)27-26-23(16)19-11-8-12-20(24(19)30-26)25-28-21-13-6-7-14-22(21)29(25)18-9-4-3-5-10-18/h3-15H,1-2H3. The second-order valence-corrected chi connectivity index (χ2v) is 7.64. The first-order chi connectivity index (χ1) is 14.7. The van der Waals surface area contributed by atoms with E-state index in [-0.39, 0.29) is 0 Å². The van der Waals surface area contributed by atoms with Crippen LogP contribution in [0.3, 0.4) is 0 Å². The Kier molecular flexibility index (Phi) is 3.56. The summed E-state index contributed by atoms with van der Waals surface area (Å²) in [6.45, 7) is 4.10.